The summed E-state index contributed by atoms with van der Waals surface area (Å²) in [5.74, 6) is 0. The summed E-state index contributed by atoms with van der Waals surface area (Å²) in [5.41, 5.74) is 9.53. The van der Waals surface area contributed by atoms with E-state index in [-0.39, 0.29) is 5.41 Å². The van der Waals surface area contributed by atoms with Gasteiger partial charge in [0.25, 0.3) is 0 Å². The Labute approximate surface area is 149 Å². The quantitative estimate of drug-likeness (QED) is 0.598. The monoisotopic (exact) mass is 325 g/mol. The third-order valence-corrected chi connectivity index (χ3v) is 5.46. The number of hydrogen-bond acceptors (Lipinski definition) is 1. The molecular weight excluding hydrogens is 304 g/mol. The van der Waals surface area contributed by atoms with Crippen LogP contribution >= 0.6 is 0 Å². The Hall–Kier alpha value is -2.92. The van der Waals surface area contributed by atoms with E-state index in [0.717, 1.165) is 5.56 Å². The van der Waals surface area contributed by atoms with Gasteiger partial charge in [0.1, 0.15) is 7.05 Å². The second-order valence-corrected chi connectivity index (χ2v) is 7.37. The molecule has 0 atom stereocenters. The summed E-state index contributed by atoms with van der Waals surface area (Å²) in [7, 11) is 2.09. The van der Waals surface area contributed by atoms with Gasteiger partial charge in [0, 0.05) is 17.5 Å². The third kappa shape index (κ3) is 2.13. The molecule has 4 rings (SSSR count). The largest absolute Gasteiger partial charge is 0.212 e. The first-order chi connectivity index (χ1) is 11.9. The van der Waals surface area contributed by atoms with E-state index in [0.29, 0.717) is 0 Å². The number of aryl methyl sites for hydroxylation is 2. The van der Waals surface area contributed by atoms with E-state index in [1.54, 1.807) is 0 Å². The molecule has 0 bridgehead atoms. The maximum atomic E-state index is 9.31. The van der Waals surface area contributed by atoms with Crippen molar-refractivity contribution in [3.8, 4) is 28.5 Å². The lowest BCUT2D eigenvalue weighted by Crippen LogP contribution is -2.31. The average molecular weight is 325 g/mol. The van der Waals surface area contributed by atoms with Crippen LogP contribution in [-0.4, -0.2) is 0 Å². The van der Waals surface area contributed by atoms with Crippen molar-refractivity contribution >= 4 is 0 Å². The Morgan fingerprint density at radius 2 is 1.80 bits per heavy atom. The Bertz CT molecular complexity index is 1050. The molecule has 3 aromatic rings. The highest BCUT2D eigenvalue weighted by Gasteiger charge is 2.39. The summed E-state index contributed by atoms with van der Waals surface area (Å²) in [5, 5.41) is 9.31. The zero-order valence-corrected chi connectivity index (χ0v) is 15.1. The molecule has 0 aliphatic heterocycles. The highest BCUT2D eigenvalue weighted by atomic mass is 14.9. The number of benzene rings is 2. The fourth-order valence-electron chi connectivity index (χ4n) is 4.21. The Balaban J connectivity index is 2.11. The van der Waals surface area contributed by atoms with Crippen molar-refractivity contribution in [2.75, 3.05) is 0 Å². The van der Waals surface area contributed by atoms with Crippen LogP contribution in [-0.2, 0) is 12.5 Å². The third-order valence-electron chi connectivity index (χ3n) is 5.46. The smallest absolute Gasteiger partial charge is 0.201 e. The minimum Gasteiger partial charge on any atom is -0.201 e. The molecule has 0 saturated heterocycles. The van der Waals surface area contributed by atoms with Gasteiger partial charge in [-0.3, -0.25) is 0 Å². The predicted octanol–water partition coefficient (Wildman–Crippen LogP) is 4.66. The van der Waals surface area contributed by atoms with Crippen LogP contribution in [0.3, 0.4) is 0 Å². The van der Waals surface area contributed by atoms with Gasteiger partial charge in [0.15, 0.2) is 6.20 Å². The molecule has 0 radical (unpaired) electrons. The SMILES string of the molecule is Cc1ccc2c(c1-c1cccc[n+]1C)C(C)(C)c1ccc(C#N)cc1-2. The van der Waals surface area contributed by atoms with E-state index in [4.69, 9.17) is 0 Å². The van der Waals surface area contributed by atoms with E-state index in [1.807, 2.05) is 12.1 Å². The highest BCUT2D eigenvalue weighted by molar-refractivity contribution is 5.88. The minimum atomic E-state index is -0.0944. The van der Waals surface area contributed by atoms with Crippen LogP contribution in [0.2, 0.25) is 0 Å². The fraction of sp³-hybridized carbons (Fsp3) is 0.217. The van der Waals surface area contributed by atoms with Gasteiger partial charge < -0.3 is 0 Å². The normalized spacial score (nSPS) is 13.9. The van der Waals surface area contributed by atoms with Crippen LogP contribution in [0.1, 0.15) is 36.1 Å². The van der Waals surface area contributed by atoms with Crippen LogP contribution in [0, 0.1) is 18.3 Å². The molecule has 0 saturated carbocycles. The van der Waals surface area contributed by atoms with Crippen molar-refractivity contribution < 1.29 is 4.57 Å². The second kappa shape index (κ2) is 5.29. The van der Waals surface area contributed by atoms with Crippen LogP contribution in [0.15, 0.2) is 54.7 Å². The molecule has 122 valence electrons. The van der Waals surface area contributed by atoms with Crippen molar-refractivity contribution in [2.45, 2.75) is 26.2 Å². The topological polar surface area (TPSA) is 27.7 Å². The maximum Gasteiger partial charge on any atom is 0.212 e. The molecule has 0 fully saturated rings. The molecule has 1 heterocycles. The standard InChI is InChI=1S/C23H21N2/c1-15-8-10-17-18-13-16(14-24)9-11-19(18)23(2,3)22(17)21(15)20-7-5-6-12-25(20)4/h5-13H,1-4H3/q+1. The first-order valence-corrected chi connectivity index (χ1v) is 8.59. The molecule has 25 heavy (non-hydrogen) atoms. The van der Waals surface area contributed by atoms with Crippen LogP contribution < -0.4 is 4.57 Å². The molecule has 1 aromatic heterocycles. The van der Waals surface area contributed by atoms with Gasteiger partial charge in [-0.25, -0.2) is 4.57 Å². The summed E-state index contributed by atoms with van der Waals surface area (Å²) in [4.78, 5) is 0. The molecule has 2 aromatic carbocycles. The number of nitrogens with zero attached hydrogens (tertiary/aromatic N) is 2. The number of pyridine rings is 1. The van der Waals surface area contributed by atoms with Gasteiger partial charge in [-0.1, -0.05) is 32.0 Å². The maximum absolute atomic E-state index is 9.31. The van der Waals surface area contributed by atoms with Gasteiger partial charge in [-0.15, -0.1) is 0 Å². The van der Waals surface area contributed by atoms with Crippen LogP contribution in [0.4, 0.5) is 0 Å². The number of aromatic nitrogens is 1. The molecule has 2 heteroatoms. The summed E-state index contributed by atoms with van der Waals surface area (Å²) < 4.78 is 2.18. The molecule has 1 aliphatic rings. The van der Waals surface area contributed by atoms with E-state index >= 15 is 0 Å². The summed E-state index contributed by atoms with van der Waals surface area (Å²) in [6.07, 6.45) is 2.09. The van der Waals surface area contributed by atoms with E-state index in [2.05, 4.69) is 81.1 Å². The predicted molar refractivity (Wildman–Crippen MR) is 100 cm³/mol. The lowest BCUT2D eigenvalue weighted by atomic mass is 9.78. The second-order valence-electron chi connectivity index (χ2n) is 7.37. The number of nitriles is 1. The summed E-state index contributed by atoms with van der Waals surface area (Å²) in [6, 6.07) is 19.1. The lowest BCUT2D eigenvalue weighted by molar-refractivity contribution is -0.660. The average Bonchev–Trinajstić information content (AvgIpc) is 2.83. The minimum absolute atomic E-state index is 0.0944. The van der Waals surface area contributed by atoms with Gasteiger partial charge in [0.2, 0.25) is 5.69 Å². The first-order valence-electron chi connectivity index (χ1n) is 8.59. The Morgan fingerprint density at radius 1 is 1.00 bits per heavy atom. The first kappa shape index (κ1) is 15.6. The van der Waals surface area contributed by atoms with Gasteiger partial charge >= 0.3 is 0 Å². The number of fused-ring (bicyclic) bond motifs is 3. The molecule has 2 nitrogen and oxygen atoms in total. The summed E-state index contributed by atoms with van der Waals surface area (Å²) in [6.45, 7) is 6.76. The lowest BCUT2D eigenvalue weighted by Gasteiger charge is -2.24. The van der Waals surface area contributed by atoms with Crippen LogP contribution in [0.5, 0.6) is 0 Å². The number of hydrogen-bond donors (Lipinski definition) is 0. The van der Waals surface area contributed by atoms with Gasteiger partial charge in [-0.2, -0.15) is 5.26 Å². The molecule has 0 spiro atoms. The molecule has 0 amide bonds. The zero-order chi connectivity index (χ0) is 17.8. The fourth-order valence-corrected chi connectivity index (χ4v) is 4.21. The Morgan fingerprint density at radius 3 is 2.52 bits per heavy atom. The van der Waals surface area contributed by atoms with Crippen molar-refractivity contribution in [1.29, 1.82) is 5.26 Å². The van der Waals surface area contributed by atoms with Crippen molar-refractivity contribution in [3.63, 3.8) is 0 Å². The zero-order valence-electron chi connectivity index (χ0n) is 15.1. The van der Waals surface area contributed by atoms with Gasteiger partial charge in [-0.05, 0) is 52.9 Å². The summed E-state index contributed by atoms with van der Waals surface area (Å²) >= 11 is 0. The van der Waals surface area contributed by atoms with Crippen LogP contribution in [0.25, 0.3) is 22.4 Å². The highest BCUT2D eigenvalue weighted by Crippen LogP contribution is 2.52. The van der Waals surface area contributed by atoms with Crippen molar-refractivity contribution in [3.05, 3.63) is 77.0 Å². The van der Waals surface area contributed by atoms with E-state index in [1.165, 1.54) is 39.1 Å². The number of rotatable bonds is 1. The van der Waals surface area contributed by atoms with Crippen molar-refractivity contribution in [1.82, 2.24) is 0 Å². The molecule has 1 aliphatic carbocycles. The van der Waals surface area contributed by atoms with E-state index < -0.39 is 0 Å². The molecular formula is C23H21N2+. The Kier molecular flexibility index (Phi) is 3.30. The molecule has 0 unspecified atom stereocenters. The van der Waals surface area contributed by atoms with Gasteiger partial charge in [0.05, 0.1) is 17.2 Å². The van der Waals surface area contributed by atoms with E-state index in [9.17, 15) is 5.26 Å². The van der Waals surface area contributed by atoms with Crippen molar-refractivity contribution in [2.24, 2.45) is 7.05 Å². The molecule has 0 N–H and O–H groups in total.